The molecule has 2 heterocycles. The monoisotopic (exact) mass is 225 g/mol. The molecule has 0 bridgehead atoms. The van der Waals surface area contributed by atoms with E-state index in [9.17, 15) is 0 Å². The number of hydrogen-bond donors (Lipinski definition) is 1. The summed E-state index contributed by atoms with van der Waals surface area (Å²) in [5.74, 6) is 0.398. The highest BCUT2D eigenvalue weighted by Gasteiger charge is 2.06. The average molecular weight is 225 g/mol. The maximum Gasteiger partial charge on any atom is 0.166 e. The zero-order chi connectivity index (χ0) is 11.8. The van der Waals surface area contributed by atoms with Crippen LogP contribution in [0.2, 0.25) is 0 Å². The Labute approximate surface area is 97.9 Å². The lowest BCUT2D eigenvalue weighted by Gasteiger charge is -2.04. The topological polar surface area (TPSA) is 69.6 Å². The first-order valence-electron chi connectivity index (χ1n) is 5.28. The molecule has 0 aliphatic carbocycles. The predicted octanol–water partition coefficient (Wildman–Crippen LogP) is 1.71. The Kier molecular flexibility index (Phi) is 2.04. The molecule has 0 aliphatic heterocycles. The van der Waals surface area contributed by atoms with Crippen LogP contribution in [0.15, 0.2) is 36.5 Å². The highest BCUT2D eigenvalue weighted by Crippen LogP contribution is 2.19. The molecular formula is C12H11N5. The third-order valence-corrected chi connectivity index (χ3v) is 2.56. The van der Waals surface area contributed by atoms with Crippen molar-refractivity contribution in [2.75, 3.05) is 5.73 Å². The largest absolute Gasteiger partial charge is 0.381 e. The Morgan fingerprint density at radius 2 is 2.06 bits per heavy atom. The molecule has 0 radical (unpaired) electrons. The van der Waals surface area contributed by atoms with Crippen LogP contribution in [0.1, 0.15) is 5.69 Å². The number of nitrogen functional groups attached to an aromatic ring is 1. The lowest BCUT2D eigenvalue weighted by molar-refractivity contribution is 0.758. The van der Waals surface area contributed by atoms with E-state index in [2.05, 4.69) is 15.2 Å². The third kappa shape index (κ3) is 1.61. The molecule has 3 aromatic rings. The standard InChI is InChI=1S/C12H11N5/c1-8-5-6-9-3-2-4-10(12(9)15-8)17-14-7-11(13)16-17/h2-7H,1H3,(H2,13,16). The van der Waals surface area contributed by atoms with E-state index < -0.39 is 0 Å². The molecule has 5 heteroatoms. The van der Waals surface area contributed by atoms with Gasteiger partial charge in [0.15, 0.2) is 5.82 Å². The average Bonchev–Trinajstić information content (AvgIpc) is 2.75. The van der Waals surface area contributed by atoms with Gasteiger partial charge in [0.05, 0.1) is 11.7 Å². The molecule has 0 unspecified atom stereocenters. The van der Waals surface area contributed by atoms with Gasteiger partial charge in [0, 0.05) is 11.1 Å². The molecule has 0 fully saturated rings. The van der Waals surface area contributed by atoms with E-state index in [1.54, 1.807) is 0 Å². The fourth-order valence-electron chi connectivity index (χ4n) is 1.78. The summed E-state index contributed by atoms with van der Waals surface area (Å²) in [7, 11) is 0. The summed E-state index contributed by atoms with van der Waals surface area (Å²) >= 11 is 0. The second kappa shape index (κ2) is 3.55. The van der Waals surface area contributed by atoms with Crippen LogP contribution in [0.5, 0.6) is 0 Å². The zero-order valence-electron chi connectivity index (χ0n) is 9.33. The SMILES string of the molecule is Cc1ccc2cccc(-n3ncc(N)n3)c2n1. The van der Waals surface area contributed by atoms with Gasteiger partial charge in [-0.1, -0.05) is 18.2 Å². The molecule has 0 amide bonds. The summed E-state index contributed by atoms with van der Waals surface area (Å²) < 4.78 is 0. The molecule has 0 aliphatic rings. The summed E-state index contributed by atoms with van der Waals surface area (Å²) in [6.45, 7) is 1.96. The molecule has 1 aromatic carbocycles. The van der Waals surface area contributed by atoms with Gasteiger partial charge in [0.1, 0.15) is 5.69 Å². The zero-order valence-corrected chi connectivity index (χ0v) is 9.33. The summed E-state index contributed by atoms with van der Waals surface area (Å²) in [6, 6.07) is 9.91. The first-order valence-corrected chi connectivity index (χ1v) is 5.28. The summed E-state index contributed by atoms with van der Waals surface area (Å²) in [5, 5.41) is 9.27. The summed E-state index contributed by atoms with van der Waals surface area (Å²) in [5.41, 5.74) is 8.25. The van der Waals surface area contributed by atoms with Crippen molar-refractivity contribution in [3.63, 3.8) is 0 Å². The number of anilines is 1. The van der Waals surface area contributed by atoms with Crippen molar-refractivity contribution >= 4 is 16.7 Å². The summed E-state index contributed by atoms with van der Waals surface area (Å²) in [4.78, 5) is 6.02. The van der Waals surface area contributed by atoms with E-state index in [0.29, 0.717) is 5.82 Å². The van der Waals surface area contributed by atoms with E-state index in [-0.39, 0.29) is 0 Å². The number of para-hydroxylation sites is 1. The van der Waals surface area contributed by atoms with Gasteiger partial charge in [0.2, 0.25) is 0 Å². The molecule has 2 aromatic heterocycles. The Hall–Kier alpha value is -2.43. The number of hydrogen-bond acceptors (Lipinski definition) is 4. The highest BCUT2D eigenvalue weighted by atomic mass is 15.5. The van der Waals surface area contributed by atoms with Gasteiger partial charge in [-0.05, 0) is 19.1 Å². The van der Waals surface area contributed by atoms with Crippen molar-refractivity contribution in [2.24, 2.45) is 0 Å². The van der Waals surface area contributed by atoms with Gasteiger partial charge < -0.3 is 5.73 Å². The predicted molar refractivity (Wildman–Crippen MR) is 65.8 cm³/mol. The molecule has 17 heavy (non-hydrogen) atoms. The molecule has 0 saturated carbocycles. The van der Waals surface area contributed by atoms with Crippen molar-refractivity contribution in [2.45, 2.75) is 6.92 Å². The summed E-state index contributed by atoms with van der Waals surface area (Å²) in [6.07, 6.45) is 1.52. The van der Waals surface area contributed by atoms with E-state index in [4.69, 9.17) is 5.73 Å². The minimum absolute atomic E-state index is 0.398. The van der Waals surface area contributed by atoms with Gasteiger partial charge in [0.25, 0.3) is 0 Å². The van der Waals surface area contributed by atoms with Crippen molar-refractivity contribution in [3.8, 4) is 5.69 Å². The van der Waals surface area contributed by atoms with Crippen LogP contribution in [-0.2, 0) is 0 Å². The molecular weight excluding hydrogens is 214 g/mol. The van der Waals surface area contributed by atoms with Gasteiger partial charge in [-0.3, -0.25) is 4.98 Å². The van der Waals surface area contributed by atoms with Crippen molar-refractivity contribution in [3.05, 3.63) is 42.2 Å². The number of rotatable bonds is 1. The second-order valence-electron chi connectivity index (χ2n) is 3.86. The van der Waals surface area contributed by atoms with Crippen LogP contribution in [0.4, 0.5) is 5.82 Å². The minimum Gasteiger partial charge on any atom is -0.381 e. The fraction of sp³-hybridized carbons (Fsp3) is 0.0833. The fourth-order valence-corrected chi connectivity index (χ4v) is 1.78. The Bertz CT molecular complexity index is 686. The van der Waals surface area contributed by atoms with Crippen molar-refractivity contribution in [1.29, 1.82) is 0 Å². The number of nitrogens with zero attached hydrogens (tertiary/aromatic N) is 4. The van der Waals surface area contributed by atoms with Crippen LogP contribution >= 0.6 is 0 Å². The van der Waals surface area contributed by atoms with Gasteiger partial charge in [-0.15, -0.1) is 9.90 Å². The molecule has 0 saturated heterocycles. The molecule has 3 rings (SSSR count). The molecule has 84 valence electrons. The molecule has 5 nitrogen and oxygen atoms in total. The second-order valence-corrected chi connectivity index (χ2v) is 3.86. The van der Waals surface area contributed by atoms with E-state index in [1.807, 2.05) is 37.3 Å². The first kappa shape index (κ1) is 9.77. The molecule has 0 spiro atoms. The smallest absolute Gasteiger partial charge is 0.166 e. The molecule has 2 N–H and O–H groups in total. The van der Waals surface area contributed by atoms with E-state index in [1.165, 1.54) is 11.0 Å². The van der Waals surface area contributed by atoms with Crippen LogP contribution in [0.25, 0.3) is 16.6 Å². The number of nitrogens with two attached hydrogens (primary N) is 1. The maximum atomic E-state index is 5.58. The number of aromatic nitrogens is 4. The molecule has 0 atom stereocenters. The maximum absolute atomic E-state index is 5.58. The van der Waals surface area contributed by atoms with E-state index in [0.717, 1.165) is 22.3 Å². The Morgan fingerprint density at radius 3 is 2.82 bits per heavy atom. The van der Waals surface area contributed by atoms with Gasteiger partial charge in [-0.25, -0.2) is 0 Å². The van der Waals surface area contributed by atoms with Crippen LogP contribution < -0.4 is 5.73 Å². The number of pyridine rings is 1. The highest BCUT2D eigenvalue weighted by molar-refractivity contribution is 5.86. The van der Waals surface area contributed by atoms with Crippen LogP contribution in [-0.4, -0.2) is 20.0 Å². The number of fused-ring (bicyclic) bond motifs is 1. The van der Waals surface area contributed by atoms with Crippen molar-refractivity contribution in [1.82, 2.24) is 20.0 Å². The lowest BCUT2D eigenvalue weighted by atomic mass is 10.2. The first-order chi connectivity index (χ1) is 8.24. The van der Waals surface area contributed by atoms with Crippen LogP contribution in [0.3, 0.4) is 0 Å². The quantitative estimate of drug-likeness (QED) is 0.684. The normalized spacial score (nSPS) is 10.9. The van der Waals surface area contributed by atoms with E-state index >= 15 is 0 Å². The van der Waals surface area contributed by atoms with Gasteiger partial charge >= 0.3 is 0 Å². The lowest BCUT2D eigenvalue weighted by Crippen LogP contribution is -2.01. The van der Waals surface area contributed by atoms with Crippen LogP contribution in [0, 0.1) is 6.92 Å². The number of aryl methyl sites for hydroxylation is 1. The Balaban J connectivity index is 2.32. The number of benzene rings is 1. The van der Waals surface area contributed by atoms with Gasteiger partial charge in [-0.2, -0.15) is 5.10 Å². The Morgan fingerprint density at radius 1 is 1.18 bits per heavy atom. The van der Waals surface area contributed by atoms with Crippen molar-refractivity contribution < 1.29 is 0 Å². The third-order valence-electron chi connectivity index (χ3n) is 2.56. The minimum atomic E-state index is 0.398.